The Morgan fingerprint density at radius 1 is 1.48 bits per heavy atom. The quantitative estimate of drug-likeness (QED) is 0.831. The lowest BCUT2D eigenvalue weighted by Crippen LogP contribution is -2.13. The molecule has 0 bridgehead atoms. The van der Waals surface area contributed by atoms with E-state index in [1.165, 1.54) is 30.3 Å². The maximum atomic E-state index is 12.2. The first-order valence-corrected chi connectivity index (χ1v) is 7.91. The molecule has 21 heavy (non-hydrogen) atoms. The molecule has 0 fully saturated rings. The molecule has 1 aromatic carbocycles. The van der Waals surface area contributed by atoms with Crippen molar-refractivity contribution in [3.63, 3.8) is 0 Å². The molecule has 2 aromatic rings. The van der Waals surface area contributed by atoms with Gasteiger partial charge in [0.25, 0.3) is 10.0 Å². The van der Waals surface area contributed by atoms with E-state index in [0.717, 1.165) is 0 Å². The molecule has 0 amide bonds. The Hall–Kier alpha value is -1.77. The highest BCUT2D eigenvalue weighted by molar-refractivity contribution is 7.92. The molecule has 9 heteroatoms. The van der Waals surface area contributed by atoms with Gasteiger partial charge in [0.05, 0.1) is 30.6 Å². The normalized spacial score (nSPS) is 11.4. The van der Waals surface area contributed by atoms with E-state index in [-0.39, 0.29) is 4.90 Å². The SMILES string of the molecule is COc1ccc(NS(=O)(=O)c2cnn(CCN)c2)cc1Cl. The third kappa shape index (κ3) is 3.66. The summed E-state index contributed by atoms with van der Waals surface area (Å²) in [7, 11) is -2.24. The van der Waals surface area contributed by atoms with Gasteiger partial charge in [-0.1, -0.05) is 11.6 Å². The summed E-state index contributed by atoms with van der Waals surface area (Å²) in [4.78, 5) is 0.0582. The van der Waals surface area contributed by atoms with Gasteiger partial charge in [-0.25, -0.2) is 8.42 Å². The second kappa shape index (κ2) is 6.33. The first-order chi connectivity index (χ1) is 9.96. The van der Waals surface area contributed by atoms with Crippen LogP contribution >= 0.6 is 11.6 Å². The number of nitrogens with two attached hydrogens (primary N) is 1. The standard InChI is InChI=1S/C12H15ClN4O3S/c1-20-12-3-2-9(6-11(12)13)16-21(18,19)10-7-15-17(8-10)5-4-14/h2-3,6-8,16H,4-5,14H2,1H3. The van der Waals surface area contributed by atoms with Crippen LogP contribution in [0, 0.1) is 0 Å². The molecule has 0 atom stereocenters. The second-order valence-corrected chi connectivity index (χ2v) is 6.27. The minimum atomic E-state index is -3.72. The van der Waals surface area contributed by atoms with E-state index >= 15 is 0 Å². The molecule has 1 heterocycles. The van der Waals surface area contributed by atoms with Crippen LogP contribution < -0.4 is 15.2 Å². The van der Waals surface area contributed by atoms with E-state index in [2.05, 4.69) is 9.82 Å². The number of sulfonamides is 1. The number of ether oxygens (including phenoxy) is 1. The summed E-state index contributed by atoms with van der Waals surface area (Å²) in [5.74, 6) is 0.468. The van der Waals surface area contributed by atoms with Crippen molar-refractivity contribution in [3.8, 4) is 5.75 Å². The lowest BCUT2D eigenvalue weighted by molar-refractivity contribution is 0.415. The highest BCUT2D eigenvalue weighted by Gasteiger charge is 2.17. The molecular formula is C12H15ClN4O3S. The number of halogens is 1. The highest BCUT2D eigenvalue weighted by Crippen LogP contribution is 2.28. The molecule has 3 N–H and O–H groups in total. The van der Waals surface area contributed by atoms with E-state index in [4.69, 9.17) is 22.1 Å². The van der Waals surface area contributed by atoms with Crippen molar-refractivity contribution in [3.05, 3.63) is 35.6 Å². The first-order valence-electron chi connectivity index (χ1n) is 6.05. The van der Waals surface area contributed by atoms with Crippen molar-refractivity contribution in [2.45, 2.75) is 11.4 Å². The summed E-state index contributed by atoms with van der Waals surface area (Å²) < 4.78 is 33.3. The van der Waals surface area contributed by atoms with Gasteiger partial charge in [0.15, 0.2) is 0 Å². The molecule has 7 nitrogen and oxygen atoms in total. The minimum absolute atomic E-state index is 0.0582. The van der Waals surface area contributed by atoms with Crippen LogP contribution in [0.15, 0.2) is 35.5 Å². The van der Waals surface area contributed by atoms with Crippen molar-refractivity contribution >= 4 is 27.3 Å². The number of methoxy groups -OCH3 is 1. The maximum Gasteiger partial charge on any atom is 0.265 e. The molecule has 1 aromatic heterocycles. The van der Waals surface area contributed by atoms with Crippen molar-refractivity contribution in [2.75, 3.05) is 18.4 Å². The van der Waals surface area contributed by atoms with Crippen LogP contribution in [-0.2, 0) is 16.6 Å². The molecule has 0 aliphatic carbocycles. The molecule has 114 valence electrons. The van der Waals surface area contributed by atoms with E-state index < -0.39 is 10.0 Å². The van der Waals surface area contributed by atoms with Crippen LogP contribution in [0.25, 0.3) is 0 Å². The topological polar surface area (TPSA) is 99.2 Å². The maximum absolute atomic E-state index is 12.2. The Morgan fingerprint density at radius 3 is 2.86 bits per heavy atom. The zero-order valence-corrected chi connectivity index (χ0v) is 12.9. The number of benzene rings is 1. The first kappa shape index (κ1) is 15.6. The smallest absolute Gasteiger partial charge is 0.265 e. The Bertz CT molecular complexity index is 730. The fourth-order valence-corrected chi connectivity index (χ4v) is 2.94. The van der Waals surface area contributed by atoms with Crippen LogP contribution in [0.5, 0.6) is 5.75 Å². The summed E-state index contributed by atoms with van der Waals surface area (Å²) >= 11 is 5.96. The van der Waals surface area contributed by atoms with Crippen LogP contribution in [0.3, 0.4) is 0 Å². The van der Waals surface area contributed by atoms with Crippen LogP contribution in [-0.4, -0.2) is 31.9 Å². The fourth-order valence-electron chi connectivity index (χ4n) is 1.68. The number of nitrogens with zero attached hydrogens (tertiary/aromatic N) is 2. The predicted molar refractivity (Wildman–Crippen MR) is 80.1 cm³/mol. The molecule has 0 spiro atoms. The Balaban J connectivity index is 2.22. The third-order valence-electron chi connectivity index (χ3n) is 2.68. The third-order valence-corrected chi connectivity index (χ3v) is 4.31. The van der Waals surface area contributed by atoms with Crippen LogP contribution in [0.1, 0.15) is 0 Å². The zero-order chi connectivity index (χ0) is 15.5. The van der Waals surface area contributed by atoms with Crippen molar-refractivity contribution in [1.29, 1.82) is 0 Å². The summed E-state index contributed by atoms with van der Waals surface area (Å²) in [6.07, 6.45) is 2.68. The summed E-state index contributed by atoms with van der Waals surface area (Å²) in [5, 5.41) is 4.25. The largest absolute Gasteiger partial charge is 0.495 e. The van der Waals surface area contributed by atoms with E-state index in [0.29, 0.717) is 29.5 Å². The summed E-state index contributed by atoms with van der Waals surface area (Å²) in [5.41, 5.74) is 5.73. The molecule has 0 aliphatic rings. The predicted octanol–water partition coefficient (Wildman–Crippen LogP) is 1.30. The average Bonchev–Trinajstić information content (AvgIpc) is 2.88. The number of hydrogen-bond acceptors (Lipinski definition) is 5. The number of hydrogen-bond donors (Lipinski definition) is 2. The number of anilines is 1. The molecule has 0 unspecified atom stereocenters. The van der Waals surface area contributed by atoms with Gasteiger partial charge < -0.3 is 10.5 Å². The van der Waals surface area contributed by atoms with Gasteiger partial charge in [-0.05, 0) is 18.2 Å². The van der Waals surface area contributed by atoms with Crippen molar-refractivity contribution < 1.29 is 13.2 Å². The average molecular weight is 331 g/mol. The molecule has 0 saturated heterocycles. The zero-order valence-electron chi connectivity index (χ0n) is 11.3. The van der Waals surface area contributed by atoms with Gasteiger partial charge in [0, 0.05) is 12.7 Å². The lowest BCUT2D eigenvalue weighted by Gasteiger charge is -2.08. The summed E-state index contributed by atoms with van der Waals surface area (Å²) in [6.45, 7) is 0.826. The van der Waals surface area contributed by atoms with Gasteiger partial charge >= 0.3 is 0 Å². The lowest BCUT2D eigenvalue weighted by atomic mass is 10.3. The summed E-state index contributed by atoms with van der Waals surface area (Å²) in [6, 6.07) is 4.62. The van der Waals surface area contributed by atoms with Crippen molar-refractivity contribution in [1.82, 2.24) is 9.78 Å². The Kier molecular flexibility index (Phi) is 4.71. The number of rotatable bonds is 6. The molecule has 0 radical (unpaired) electrons. The molecule has 2 rings (SSSR count). The van der Waals surface area contributed by atoms with Crippen LogP contribution in [0.2, 0.25) is 5.02 Å². The van der Waals surface area contributed by atoms with E-state index in [1.807, 2.05) is 0 Å². The molecule has 0 saturated carbocycles. The highest BCUT2D eigenvalue weighted by atomic mass is 35.5. The van der Waals surface area contributed by atoms with E-state index in [1.54, 1.807) is 12.1 Å². The van der Waals surface area contributed by atoms with Gasteiger partial charge in [0.2, 0.25) is 0 Å². The number of nitrogens with one attached hydrogen (secondary N) is 1. The van der Waals surface area contributed by atoms with Gasteiger partial charge in [-0.15, -0.1) is 0 Å². The Morgan fingerprint density at radius 2 is 2.24 bits per heavy atom. The number of aromatic nitrogens is 2. The second-order valence-electron chi connectivity index (χ2n) is 4.18. The van der Waals surface area contributed by atoms with Gasteiger partial charge in [-0.2, -0.15) is 5.10 Å². The Labute approximate surface area is 127 Å². The van der Waals surface area contributed by atoms with Crippen molar-refractivity contribution in [2.24, 2.45) is 5.73 Å². The van der Waals surface area contributed by atoms with Crippen LogP contribution in [0.4, 0.5) is 5.69 Å². The van der Waals surface area contributed by atoms with Gasteiger partial charge in [-0.3, -0.25) is 9.40 Å². The van der Waals surface area contributed by atoms with E-state index in [9.17, 15) is 8.42 Å². The van der Waals surface area contributed by atoms with Gasteiger partial charge in [0.1, 0.15) is 10.6 Å². The molecule has 0 aliphatic heterocycles. The molecular weight excluding hydrogens is 316 g/mol. The monoisotopic (exact) mass is 330 g/mol. The fraction of sp³-hybridized carbons (Fsp3) is 0.250. The minimum Gasteiger partial charge on any atom is -0.495 e.